The van der Waals surface area contributed by atoms with Crippen LogP contribution < -0.4 is 10.5 Å². The maximum Gasteiger partial charge on any atom is 0.419 e. The van der Waals surface area contributed by atoms with Crippen LogP contribution in [0.25, 0.3) is 11.3 Å². The van der Waals surface area contributed by atoms with Crippen molar-refractivity contribution >= 4 is 18.1 Å². The molecule has 0 fully saturated rings. The highest BCUT2D eigenvalue weighted by Crippen LogP contribution is 2.37. The minimum atomic E-state index is -4.92. The van der Waals surface area contributed by atoms with Crippen molar-refractivity contribution in [3.05, 3.63) is 77.1 Å². The zero-order valence-electron chi connectivity index (χ0n) is 15.7. The molecule has 0 aliphatic carbocycles. The molecular formula is C21H15F4N3O3. The number of carbonyl (C=O) groups is 1. The highest BCUT2D eigenvalue weighted by atomic mass is 19.4. The van der Waals surface area contributed by atoms with Crippen LogP contribution >= 0.6 is 0 Å². The van der Waals surface area contributed by atoms with Crippen LogP contribution in [0.5, 0.6) is 5.75 Å². The lowest BCUT2D eigenvalue weighted by Gasteiger charge is -2.14. The van der Waals surface area contributed by atoms with Gasteiger partial charge in [0.2, 0.25) is 0 Å². The van der Waals surface area contributed by atoms with E-state index < -0.39 is 29.1 Å². The molecule has 0 atom stereocenters. The first kappa shape index (κ1) is 21.8. The van der Waals surface area contributed by atoms with Crippen LogP contribution in [0.1, 0.15) is 21.5 Å². The van der Waals surface area contributed by atoms with E-state index in [9.17, 15) is 27.5 Å². The SMILES string of the molecule is NC=Nc1nc(-c2ccc(F)c(C(F)(F)F)c2)cc(OCc2ccccc2)c1C(=O)O. The van der Waals surface area contributed by atoms with Gasteiger partial charge in [-0.2, -0.15) is 13.2 Å². The normalized spacial score (nSPS) is 11.6. The largest absolute Gasteiger partial charge is 0.488 e. The molecule has 3 aromatic rings. The van der Waals surface area contributed by atoms with Crippen LogP contribution in [0.4, 0.5) is 23.4 Å². The number of pyridine rings is 1. The monoisotopic (exact) mass is 433 g/mol. The molecule has 2 aromatic carbocycles. The fourth-order valence-corrected chi connectivity index (χ4v) is 2.77. The number of alkyl halides is 3. The summed E-state index contributed by atoms with van der Waals surface area (Å²) in [6.45, 7) is -0.0203. The Bertz CT molecular complexity index is 1130. The number of aromatic nitrogens is 1. The first-order valence-electron chi connectivity index (χ1n) is 8.77. The molecule has 10 heteroatoms. The van der Waals surface area contributed by atoms with E-state index in [2.05, 4.69) is 9.98 Å². The summed E-state index contributed by atoms with van der Waals surface area (Å²) in [4.78, 5) is 19.5. The molecule has 0 aliphatic rings. The molecule has 6 nitrogen and oxygen atoms in total. The second-order valence-electron chi connectivity index (χ2n) is 6.25. The van der Waals surface area contributed by atoms with Gasteiger partial charge in [-0.1, -0.05) is 30.3 Å². The number of carboxylic acid groups (broad SMARTS) is 1. The van der Waals surface area contributed by atoms with E-state index in [0.29, 0.717) is 12.1 Å². The molecule has 0 amide bonds. The lowest BCUT2D eigenvalue weighted by Crippen LogP contribution is -2.09. The third-order valence-corrected chi connectivity index (χ3v) is 4.18. The zero-order valence-corrected chi connectivity index (χ0v) is 15.7. The van der Waals surface area contributed by atoms with Gasteiger partial charge in [0.1, 0.15) is 23.7 Å². The Morgan fingerprint density at radius 3 is 2.48 bits per heavy atom. The quantitative estimate of drug-likeness (QED) is 0.331. The molecule has 0 spiro atoms. The number of ether oxygens (including phenoxy) is 1. The summed E-state index contributed by atoms with van der Waals surface area (Å²) >= 11 is 0. The van der Waals surface area contributed by atoms with Crippen LogP contribution in [-0.2, 0) is 12.8 Å². The third-order valence-electron chi connectivity index (χ3n) is 4.18. The van der Waals surface area contributed by atoms with Gasteiger partial charge < -0.3 is 15.6 Å². The number of rotatable bonds is 6. The highest BCUT2D eigenvalue weighted by molar-refractivity contribution is 5.97. The molecule has 0 radical (unpaired) electrons. The van der Waals surface area contributed by atoms with Gasteiger partial charge in [-0.25, -0.2) is 19.2 Å². The summed E-state index contributed by atoms with van der Waals surface area (Å²) in [6.07, 6.45) is -4.13. The summed E-state index contributed by atoms with van der Waals surface area (Å²) in [7, 11) is 0. The lowest BCUT2D eigenvalue weighted by atomic mass is 10.0. The van der Waals surface area contributed by atoms with Crippen molar-refractivity contribution in [2.45, 2.75) is 12.8 Å². The van der Waals surface area contributed by atoms with Gasteiger partial charge >= 0.3 is 12.1 Å². The molecule has 160 valence electrons. The lowest BCUT2D eigenvalue weighted by molar-refractivity contribution is -0.139. The molecule has 0 saturated heterocycles. The number of aromatic carboxylic acids is 1. The van der Waals surface area contributed by atoms with E-state index in [1.165, 1.54) is 0 Å². The highest BCUT2D eigenvalue weighted by Gasteiger charge is 2.34. The molecule has 1 heterocycles. The number of aliphatic imine (C=N–C) groups is 1. The maximum absolute atomic E-state index is 13.7. The fraction of sp³-hybridized carbons (Fsp3) is 0.0952. The Kier molecular flexibility index (Phi) is 6.19. The smallest absolute Gasteiger partial charge is 0.419 e. The van der Waals surface area contributed by atoms with Crippen molar-refractivity contribution < 1.29 is 32.2 Å². The number of hydrogen-bond donors (Lipinski definition) is 2. The van der Waals surface area contributed by atoms with Crippen molar-refractivity contribution in [3.63, 3.8) is 0 Å². The standard InChI is InChI=1S/C21H15F4N3O3/c22-15-7-6-13(8-14(15)21(23,24)25)16-9-17(31-10-12-4-2-1-3-5-12)18(20(29)30)19(28-16)27-11-26/h1-9,11H,10H2,(H,29,30)(H2,26,27,28). The second kappa shape index (κ2) is 8.82. The first-order valence-corrected chi connectivity index (χ1v) is 8.77. The van der Waals surface area contributed by atoms with Crippen molar-refractivity contribution in [3.8, 4) is 17.0 Å². The van der Waals surface area contributed by atoms with Crippen LogP contribution in [0, 0.1) is 5.82 Å². The van der Waals surface area contributed by atoms with Crippen LogP contribution in [0.3, 0.4) is 0 Å². The zero-order chi connectivity index (χ0) is 22.6. The number of benzene rings is 2. The third kappa shape index (κ3) is 4.97. The summed E-state index contributed by atoms with van der Waals surface area (Å²) in [6, 6.07) is 12.3. The molecule has 0 aliphatic heterocycles. The van der Waals surface area contributed by atoms with E-state index in [4.69, 9.17) is 10.5 Å². The Balaban J connectivity index is 2.13. The first-order chi connectivity index (χ1) is 14.7. The number of nitrogens with two attached hydrogens (primary N) is 1. The van der Waals surface area contributed by atoms with E-state index in [1.54, 1.807) is 30.3 Å². The fourth-order valence-electron chi connectivity index (χ4n) is 2.77. The van der Waals surface area contributed by atoms with Gasteiger partial charge in [0, 0.05) is 11.6 Å². The van der Waals surface area contributed by atoms with Gasteiger partial charge in [0.15, 0.2) is 5.82 Å². The van der Waals surface area contributed by atoms with Crippen LogP contribution in [0.15, 0.2) is 59.6 Å². The summed E-state index contributed by atoms with van der Waals surface area (Å²) < 4.78 is 58.6. The average molecular weight is 433 g/mol. The molecule has 1 aromatic heterocycles. The maximum atomic E-state index is 13.7. The molecule has 31 heavy (non-hydrogen) atoms. The number of halogens is 4. The van der Waals surface area contributed by atoms with Crippen molar-refractivity contribution in [2.75, 3.05) is 0 Å². The Labute approximate surface area is 173 Å². The summed E-state index contributed by atoms with van der Waals surface area (Å²) in [5.41, 5.74) is 3.89. The predicted molar refractivity (Wildman–Crippen MR) is 105 cm³/mol. The molecule has 0 unspecified atom stereocenters. The van der Waals surface area contributed by atoms with Crippen molar-refractivity contribution in [1.82, 2.24) is 4.98 Å². The molecular weight excluding hydrogens is 418 g/mol. The van der Waals surface area contributed by atoms with E-state index in [-0.39, 0.29) is 29.4 Å². The molecule has 3 N–H and O–H groups in total. The Morgan fingerprint density at radius 2 is 1.87 bits per heavy atom. The minimum absolute atomic E-state index is 0.0203. The topological polar surface area (TPSA) is 97.8 Å². The van der Waals surface area contributed by atoms with Gasteiger partial charge in [-0.15, -0.1) is 0 Å². The van der Waals surface area contributed by atoms with E-state index in [0.717, 1.165) is 24.0 Å². The Morgan fingerprint density at radius 1 is 1.16 bits per heavy atom. The molecule has 3 rings (SSSR count). The van der Waals surface area contributed by atoms with Gasteiger partial charge in [-0.3, -0.25) is 0 Å². The van der Waals surface area contributed by atoms with Gasteiger partial charge in [0.25, 0.3) is 0 Å². The van der Waals surface area contributed by atoms with Crippen LogP contribution in [-0.4, -0.2) is 22.4 Å². The second-order valence-corrected chi connectivity index (χ2v) is 6.25. The Hall–Kier alpha value is -3.95. The number of carboxylic acids is 1. The summed E-state index contributed by atoms with van der Waals surface area (Å²) in [5, 5.41) is 9.59. The molecule has 0 saturated carbocycles. The van der Waals surface area contributed by atoms with E-state index >= 15 is 0 Å². The molecule has 0 bridgehead atoms. The summed E-state index contributed by atoms with van der Waals surface area (Å²) in [5.74, 6) is -3.41. The van der Waals surface area contributed by atoms with Crippen LogP contribution in [0.2, 0.25) is 0 Å². The minimum Gasteiger partial charge on any atom is -0.488 e. The average Bonchev–Trinajstić information content (AvgIpc) is 2.72. The predicted octanol–water partition coefficient (Wildman–Crippen LogP) is 4.80. The van der Waals surface area contributed by atoms with Gasteiger partial charge in [0.05, 0.1) is 17.6 Å². The van der Waals surface area contributed by atoms with Crippen molar-refractivity contribution in [1.29, 1.82) is 0 Å². The number of hydrogen-bond acceptors (Lipinski definition) is 4. The van der Waals surface area contributed by atoms with Crippen molar-refractivity contribution in [2.24, 2.45) is 10.7 Å². The number of nitrogens with zero attached hydrogens (tertiary/aromatic N) is 2. The van der Waals surface area contributed by atoms with Gasteiger partial charge in [-0.05, 0) is 23.8 Å². The van der Waals surface area contributed by atoms with E-state index in [1.807, 2.05) is 0 Å².